The first-order valence-electron chi connectivity index (χ1n) is 9.45. The first kappa shape index (κ1) is 18.2. The van der Waals surface area contributed by atoms with Gasteiger partial charge in [-0.05, 0) is 48.1 Å². The van der Waals surface area contributed by atoms with Gasteiger partial charge in [0.1, 0.15) is 12.1 Å². The first-order valence-corrected chi connectivity index (χ1v) is 11.4. The molecule has 1 N–H and O–H groups in total. The zero-order valence-corrected chi connectivity index (χ0v) is 17.2. The summed E-state index contributed by atoms with van der Waals surface area (Å²) in [6.07, 6.45) is 5.55. The maximum atomic E-state index is 12.6. The lowest BCUT2D eigenvalue weighted by atomic mass is 10.0. The smallest absolute Gasteiger partial charge is 0.214 e. The standard InChI is InChI=1S/C21H19N5OS2/c27-29(25-21-23-14-24-28-21)17-8-9-18-16(13-17)10-11-22-20(18)26-12-4-7-19(26)15-5-2-1-3-6-15/h1-3,5-6,8-11,13-14,19H,4,7,12H2,(H,23,24,25). The minimum atomic E-state index is -1.39. The summed E-state index contributed by atoms with van der Waals surface area (Å²) in [4.78, 5) is 11.8. The molecule has 1 aliphatic rings. The largest absolute Gasteiger partial charge is 0.349 e. The molecule has 1 saturated heterocycles. The normalized spacial score (nSPS) is 17.5. The minimum absolute atomic E-state index is 0.335. The summed E-state index contributed by atoms with van der Waals surface area (Å²) in [5.41, 5.74) is 1.32. The Hall–Kier alpha value is -2.84. The molecule has 2 atom stereocenters. The molecule has 6 nitrogen and oxygen atoms in total. The Labute approximate surface area is 175 Å². The van der Waals surface area contributed by atoms with Crippen molar-refractivity contribution in [2.75, 3.05) is 16.2 Å². The van der Waals surface area contributed by atoms with Crippen LogP contribution in [0.1, 0.15) is 24.4 Å². The third kappa shape index (κ3) is 3.61. The van der Waals surface area contributed by atoms with Crippen LogP contribution in [0.4, 0.5) is 10.9 Å². The Morgan fingerprint density at radius 3 is 2.83 bits per heavy atom. The molecule has 2 aromatic heterocycles. The quantitative estimate of drug-likeness (QED) is 0.511. The van der Waals surface area contributed by atoms with Crippen LogP contribution >= 0.6 is 11.5 Å². The second kappa shape index (κ2) is 7.88. The Kier molecular flexibility index (Phi) is 4.95. The van der Waals surface area contributed by atoms with Crippen molar-refractivity contribution in [2.45, 2.75) is 23.8 Å². The third-order valence-corrected chi connectivity index (χ3v) is 6.95. The number of nitrogens with zero attached hydrogens (tertiary/aromatic N) is 4. The number of benzene rings is 2. The second-order valence-electron chi connectivity index (χ2n) is 6.90. The van der Waals surface area contributed by atoms with Gasteiger partial charge in [0.05, 0.1) is 10.9 Å². The van der Waals surface area contributed by atoms with Gasteiger partial charge in [0, 0.05) is 29.7 Å². The van der Waals surface area contributed by atoms with E-state index in [-0.39, 0.29) is 0 Å². The fourth-order valence-electron chi connectivity index (χ4n) is 3.88. The number of pyridine rings is 1. The number of rotatable bonds is 5. The molecule has 0 bridgehead atoms. The van der Waals surface area contributed by atoms with Crippen LogP contribution in [0.2, 0.25) is 0 Å². The Balaban J connectivity index is 1.48. The van der Waals surface area contributed by atoms with E-state index in [0.717, 1.165) is 36.0 Å². The van der Waals surface area contributed by atoms with Gasteiger partial charge in [-0.2, -0.15) is 4.37 Å². The minimum Gasteiger partial charge on any atom is -0.349 e. The highest BCUT2D eigenvalue weighted by molar-refractivity contribution is 7.86. The van der Waals surface area contributed by atoms with Gasteiger partial charge in [0.15, 0.2) is 11.0 Å². The van der Waals surface area contributed by atoms with Gasteiger partial charge in [-0.15, -0.1) is 0 Å². The SMILES string of the molecule is O=S(Nc1ncns1)c1ccc2c(N3CCCC3c3ccccc3)nccc2c1. The molecule has 0 saturated carbocycles. The molecular weight excluding hydrogens is 402 g/mol. The fourth-order valence-corrected chi connectivity index (χ4v) is 5.30. The maximum Gasteiger partial charge on any atom is 0.214 e. The molecule has 3 heterocycles. The van der Waals surface area contributed by atoms with Crippen LogP contribution in [0.3, 0.4) is 0 Å². The molecule has 5 rings (SSSR count). The van der Waals surface area contributed by atoms with Gasteiger partial charge in [0.25, 0.3) is 0 Å². The van der Waals surface area contributed by atoms with E-state index in [1.54, 1.807) is 0 Å². The summed E-state index contributed by atoms with van der Waals surface area (Å²) in [5, 5.41) is 2.65. The topological polar surface area (TPSA) is 71.0 Å². The van der Waals surface area contributed by atoms with E-state index < -0.39 is 11.0 Å². The molecule has 8 heteroatoms. The molecule has 1 fully saturated rings. The molecule has 29 heavy (non-hydrogen) atoms. The van der Waals surface area contributed by atoms with Crippen molar-refractivity contribution in [1.29, 1.82) is 0 Å². The highest BCUT2D eigenvalue weighted by atomic mass is 32.2. The van der Waals surface area contributed by atoms with Crippen LogP contribution in [0.25, 0.3) is 10.8 Å². The van der Waals surface area contributed by atoms with Gasteiger partial charge < -0.3 is 4.90 Å². The van der Waals surface area contributed by atoms with E-state index in [0.29, 0.717) is 16.1 Å². The second-order valence-corrected chi connectivity index (χ2v) is 8.89. The third-order valence-electron chi connectivity index (χ3n) is 5.18. The number of aromatic nitrogens is 3. The fraction of sp³-hybridized carbons (Fsp3) is 0.190. The van der Waals surface area contributed by atoms with E-state index in [1.165, 1.54) is 23.4 Å². The van der Waals surface area contributed by atoms with Crippen molar-refractivity contribution in [2.24, 2.45) is 0 Å². The number of anilines is 2. The number of fused-ring (bicyclic) bond motifs is 1. The summed E-state index contributed by atoms with van der Waals surface area (Å²) >= 11 is 1.18. The lowest BCUT2D eigenvalue weighted by Gasteiger charge is -2.27. The highest BCUT2D eigenvalue weighted by Crippen LogP contribution is 2.38. The first-order chi connectivity index (χ1) is 14.3. The maximum absolute atomic E-state index is 12.6. The zero-order valence-electron chi connectivity index (χ0n) is 15.6. The Morgan fingerprint density at radius 2 is 2.00 bits per heavy atom. The average Bonchev–Trinajstić information content (AvgIpc) is 3.45. The van der Waals surface area contributed by atoms with Gasteiger partial charge >= 0.3 is 0 Å². The van der Waals surface area contributed by atoms with E-state index in [1.807, 2.05) is 30.5 Å². The van der Waals surface area contributed by atoms with E-state index in [2.05, 4.69) is 49.3 Å². The van der Waals surface area contributed by atoms with E-state index >= 15 is 0 Å². The zero-order chi connectivity index (χ0) is 19.6. The predicted octanol–water partition coefficient (Wildman–Crippen LogP) is 4.56. The molecule has 2 aromatic carbocycles. The summed E-state index contributed by atoms with van der Waals surface area (Å²) < 4.78 is 19.5. The monoisotopic (exact) mass is 421 g/mol. The molecular formula is C21H19N5OS2. The summed E-state index contributed by atoms with van der Waals surface area (Å²) in [6.45, 7) is 0.984. The van der Waals surface area contributed by atoms with Crippen LogP contribution in [0.15, 0.2) is 72.0 Å². The molecule has 4 aromatic rings. The van der Waals surface area contributed by atoms with E-state index in [9.17, 15) is 4.21 Å². The summed E-state index contributed by atoms with van der Waals surface area (Å²) in [7, 11) is -1.39. The van der Waals surface area contributed by atoms with E-state index in [4.69, 9.17) is 4.98 Å². The number of hydrogen-bond donors (Lipinski definition) is 1. The van der Waals surface area contributed by atoms with Crippen LogP contribution in [-0.4, -0.2) is 25.1 Å². The lowest BCUT2D eigenvalue weighted by molar-refractivity contribution is 0.686. The molecule has 0 spiro atoms. The highest BCUT2D eigenvalue weighted by Gasteiger charge is 2.28. The van der Waals surface area contributed by atoms with Gasteiger partial charge in [-0.1, -0.05) is 30.3 Å². The lowest BCUT2D eigenvalue weighted by Crippen LogP contribution is -2.23. The van der Waals surface area contributed by atoms with Crippen molar-refractivity contribution >= 4 is 44.2 Å². The molecule has 1 aliphatic heterocycles. The average molecular weight is 422 g/mol. The van der Waals surface area contributed by atoms with Crippen molar-refractivity contribution in [3.8, 4) is 0 Å². The molecule has 2 unspecified atom stereocenters. The van der Waals surface area contributed by atoms with Crippen LogP contribution in [-0.2, 0) is 11.0 Å². The van der Waals surface area contributed by atoms with Gasteiger partial charge in [-0.3, -0.25) is 4.72 Å². The predicted molar refractivity (Wildman–Crippen MR) is 117 cm³/mol. The molecule has 0 radical (unpaired) electrons. The summed E-state index contributed by atoms with van der Waals surface area (Å²) in [5.74, 6) is 0.989. The number of hydrogen-bond acceptors (Lipinski definition) is 6. The number of nitrogens with one attached hydrogen (secondary N) is 1. The molecule has 146 valence electrons. The van der Waals surface area contributed by atoms with Gasteiger partial charge in [0.2, 0.25) is 5.13 Å². The van der Waals surface area contributed by atoms with Crippen molar-refractivity contribution in [1.82, 2.24) is 14.3 Å². The molecule has 0 amide bonds. The van der Waals surface area contributed by atoms with Crippen molar-refractivity contribution < 1.29 is 4.21 Å². The van der Waals surface area contributed by atoms with Crippen LogP contribution in [0.5, 0.6) is 0 Å². The Morgan fingerprint density at radius 1 is 1.10 bits per heavy atom. The molecule has 0 aliphatic carbocycles. The summed E-state index contributed by atoms with van der Waals surface area (Å²) in [6, 6.07) is 18.8. The van der Waals surface area contributed by atoms with Crippen LogP contribution in [0, 0.1) is 0 Å². The Bertz CT molecular complexity index is 1150. The van der Waals surface area contributed by atoms with Crippen molar-refractivity contribution in [3.05, 3.63) is 72.7 Å². The van der Waals surface area contributed by atoms with Crippen LogP contribution < -0.4 is 9.62 Å². The van der Waals surface area contributed by atoms with Crippen molar-refractivity contribution in [3.63, 3.8) is 0 Å². The van der Waals surface area contributed by atoms with Gasteiger partial charge in [-0.25, -0.2) is 14.2 Å².